The number of aromatic amines is 1. The highest BCUT2D eigenvalue weighted by Crippen LogP contribution is 2.30. The van der Waals surface area contributed by atoms with Crippen LogP contribution in [0.1, 0.15) is 47.3 Å². The number of nitrogens with zero attached hydrogens (tertiary/aromatic N) is 3. The molecule has 0 spiro atoms. The second-order valence-corrected chi connectivity index (χ2v) is 6.13. The Hall–Kier alpha value is -2.67. The van der Waals surface area contributed by atoms with Gasteiger partial charge in [0.1, 0.15) is 5.65 Å². The maximum atomic E-state index is 12.6. The van der Waals surface area contributed by atoms with Gasteiger partial charge in [0.2, 0.25) is 0 Å². The molecule has 3 aromatic rings. The number of hydrogen-bond acceptors (Lipinski definition) is 4. The molecule has 0 unspecified atom stereocenters. The molecule has 3 aromatic heterocycles. The van der Waals surface area contributed by atoms with E-state index in [-0.39, 0.29) is 18.1 Å². The molecule has 1 amide bonds. The van der Waals surface area contributed by atoms with E-state index in [2.05, 4.69) is 20.5 Å². The smallest absolute Gasteiger partial charge is 0.272 e. The van der Waals surface area contributed by atoms with Gasteiger partial charge < -0.3 is 14.5 Å². The van der Waals surface area contributed by atoms with E-state index < -0.39 is 0 Å². The molecular weight excluding hydrogens is 306 g/mol. The fourth-order valence-electron chi connectivity index (χ4n) is 3.27. The lowest BCUT2D eigenvalue weighted by atomic mass is 9.99. The van der Waals surface area contributed by atoms with Crippen LogP contribution in [-0.4, -0.2) is 31.6 Å². The summed E-state index contributed by atoms with van der Waals surface area (Å²) in [6.07, 6.45) is 6.25. The molecule has 4 rings (SSSR count). The van der Waals surface area contributed by atoms with Crippen molar-refractivity contribution in [3.05, 3.63) is 53.2 Å². The minimum Gasteiger partial charge on any atom is -0.369 e. The van der Waals surface area contributed by atoms with Crippen molar-refractivity contribution in [2.24, 2.45) is 0 Å². The number of carbonyl (C=O) groups excluding carboxylic acids is 1. The normalized spacial score (nSPS) is 20.1. The number of rotatable bonds is 3. The van der Waals surface area contributed by atoms with Gasteiger partial charge in [-0.2, -0.15) is 5.10 Å². The first-order valence-electron chi connectivity index (χ1n) is 8.05. The van der Waals surface area contributed by atoms with Crippen LogP contribution < -0.4 is 5.32 Å². The lowest BCUT2D eigenvalue weighted by Gasteiger charge is -2.25. The molecule has 2 atom stereocenters. The van der Waals surface area contributed by atoms with Crippen molar-refractivity contribution in [2.75, 3.05) is 0 Å². The van der Waals surface area contributed by atoms with Crippen LogP contribution in [0.3, 0.4) is 0 Å². The van der Waals surface area contributed by atoms with Crippen LogP contribution in [0.4, 0.5) is 0 Å². The monoisotopic (exact) mass is 325 g/mol. The molecule has 1 aliphatic rings. The largest absolute Gasteiger partial charge is 0.369 e. The van der Waals surface area contributed by atoms with E-state index >= 15 is 0 Å². The summed E-state index contributed by atoms with van der Waals surface area (Å²) < 4.78 is 7.69. The van der Waals surface area contributed by atoms with Gasteiger partial charge in [-0.1, -0.05) is 6.07 Å². The number of ether oxygens (including phenoxy) is 1. The number of imidazole rings is 1. The van der Waals surface area contributed by atoms with Gasteiger partial charge in [-0.3, -0.25) is 9.89 Å². The average Bonchev–Trinajstić information content (AvgIpc) is 3.19. The summed E-state index contributed by atoms with van der Waals surface area (Å²) in [6, 6.07) is 3.90. The molecule has 0 aromatic carbocycles. The van der Waals surface area contributed by atoms with Gasteiger partial charge in [-0.25, -0.2) is 4.98 Å². The Labute approximate surface area is 139 Å². The van der Waals surface area contributed by atoms with Gasteiger partial charge in [0, 0.05) is 42.7 Å². The number of nitrogens with one attached hydrogen (secondary N) is 2. The minimum atomic E-state index is -0.178. The van der Waals surface area contributed by atoms with E-state index in [0.717, 1.165) is 22.5 Å². The molecule has 2 N–H and O–H groups in total. The van der Waals surface area contributed by atoms with Crippen LogP contribution in [0.5, 0.6) is 0 Å². The molecule has 24 heavy (non-hydrogen) atoms. The second-order valence-electron chi connectivity index (χ2n) is 6.13. The zero-order chi connectivity index (χ0) is 16.7. The molecule has 0 radical (unpaired) electrons. The maximum Gasteiger partial charge on any atom is 0.272 e. The number of carbonyl (C=O) groups is 1. The van der Waals surface area contributed by atoms with Gasteiger partial charge in [-0.05, 0) is 19.9 Å². The number of aromatic nitrogens is 4. The van der Waals surface area contributed by atoms with Gasteiger partial charge >= 0.3 is 0 Å². The molecular formula is C17H19N5O2. The molecule has 0 bridgehead atoms. The summed E-state index contributed by atoms with van der Waals surface area (Å²) in [4.78, 5) is 16.9. The zero-order valence-corrected chi connectivity index (χ0v) is 13.6. The third kappa shape index (κ3) is 2.46. The van der Waals surface area contributed by atoms with Crippen molar-refractivity contribution in [3.63, 3.8) is 0 Å². The van der Waals surface area contributed by atoms with Crippen molar-refractivity contribution < 1.29 is 9.53 Å². The Morgan fingerprint density at radius 1 is 1.46 bits per heavy atom. The Morgan fingerprint density at radius 3 is 3.21 bits per heavy atom. The number of hydrogen-bond donors (Lipinski definition) is 2. The van der Waals surface area contributed by atoms with E-state index in [1.54, 1.807) is 6.20 Å². The van der Waals surface area contributed by atoms with Crippen molar-refractivity contribution in [1.82, 2.24) is 24.9 Å². The summed E-state index contributed by atoms with van der Waals surface area (Å²) in [6.45, 7) is 4.38. The van der Waals surface area contributed by atoms with Crippen LogP contribution in [-0.2, 0) is 17.7 Å². The zero-order valence-electron chi connectivity index (χ0n) is 13.6. The van der Waals surface area contributed by atoms with Crippen molar-refractivity contribution in [1.29, 1.82) is 0 Å². The molecule has 124 valence electrons. The molecule has 0 aliphatic carbocycles. The van der Waals surface area contributed by atoms with Crippen LogP contribution in [0.2, 0.25) is 0 Å². The summed E-state index contributed by atoms with van der Waals surface area (Å²) >= 11 is 0. The maximum absolute atomic E-state index is 12.6. The fraction of sp³-hybridized carbons (Fsp3) is 0.353. The van der Waals surface area contributed by atoms with Crippen LogP contribution in [0.15, 0.2) is 30.7 Å². The SMILES string of the molecule is C[C@@H]1Cc2c(C(=O)NCc3cccn4ccnc34)n[nH]c2[C@H](C)O1. The van der Waals surface area contributed by atoms with E-state index in [1.807, 2.05) is 42.8 Å². The Balaban J connectivity index is 1.54. The highest BCUT2D eigenvalue weighted by atomic mass is 16.5. The highest BCUT2D eigenvalue weighted by molar-refractivity contribution is 5.94. The van der Waals surface area contributed by atoms with E-state index in [1.165, 1.54) is 0 Å². The Kier molecular flexibility index (Phi) is 3.57. The molecule has 7 heteroatoms. The van der Waals surface area contributed by atoms with E-state index in [0.29, 0.717) is 18.7 Å². The Morgan fingerprint density at radius 2 is 2.33 bits per heavy atom. The first-order valence-corrected chi connectivity index (χ1v) is 8.05. The number of pyridine rings is 1. The van der Waals surface area contributed by atoms with Gasteiger partial charge in [0.05, 0.1) is 17.9 Å². The van der Waals surface area contributed by atoms with E-state index in [9.17, 15) is 4.79 Å². The van der Waals surface area contributed by atoms with Gasteiger partial charge in [0.15, 0.2) is 5.69 Å². The minimum absolute atomic E-state index is 0.0727. The van der Waals surface area contributed by atoms with Crippen molar-refractivity contribution in [3.8, 4) is 0 Å². The van der Waals surface area contributed by atoms with Crippen molar-refractivity contribution in [2.45, 2.75) is 39.0 Å². The molecule has 1 aliphatic heterocycles. The summed E-state index contributed by atoms with van der Waals surface area (Å²) in [7, 11) is 0. The predicted molar refractivity (Wildman–Crippen MR) is 87.6 cm³/mol. The number of H-pyrrole nitrogens is 1. The van der Waals surface area contributed by atoms with Crippen LogP contribution >= 0.6 is 0 Å². The van der Waals surface area contributed by atoms with Crippen LogP contribution in [0, 0.1) is 0 Å². The second kappa shape index (κ2) is 5.76. The number of fused-ring (bicyclic) bond motifs is 2. The summed E-state index contributed by atoms with van der Waals surface area (Å²) in [5.41, 5.74) is 4.12. The summed E-state index contributed by atoms with van der Waals surface area (Å²) in [5.74, 6) is -0.178. The molecule has 0 saturated carbocycles. The Bertz CT molecular complexity index is 897. The number of amides is 1. The predicted octanol–water partition coefficient (Wildman–Crippen LogP) is 2.01. The lowest BCUT2D eigenvalue weighted by molar-refractivity contribution is -0.00697. The third-order valence-corrected chi connectivity index (χ3v) is 4.39. The average molecular weight is 325 g/mol. The van der Waals surface area contributed by atoms with Gasteiger partial charge in [-0.15, -0.1) is 0 Å². The third-order valence-electron chi connectivity index (χ3n) is 4.39. The van der Waals surface area contributed by atoms with E-state index in [4.69, 9.17) is 4.74 Å². The van der Waals surface area contributed by atoms with Gasteiger partial charge in [0.25, 0.3) is 5.91 Å². The van der Waals surface area contributed by atoms with Crippen molar-refractivity contribution >= 4 is 11.6 Å². The lowest BCUT2D eigenvalue weighted by Crippen LogP contribution is -2.27. The highest BCUT2D eigenvalue weighted by Gasteiger charge is 2.29. The fourth-order valence-corrected chi connectivity index (χ4v) is 3.27. The van der Waals surface area contributed by atoms with Crippen LogP contribution in [0.25, 0.3) is 5.65 Å². The molecule has 4 heterocycles. The topological polar surface area (TPSA) is 84.3 Å². The first-order chi connectivity index (χ1) is 11.6. The molecule has 7 nitrogen and oxygen atoms in total. The molecule has 0 saturated heterocycles. The standard InChI is InChI=1S/C17H19N5O2/c1-10-8-13-14(11(2)24-10)20-21-15(13)17(23)19-9-12-4-3-6-22-7-5-18-16(12)22/h3-7,10-11H,8-9H2,1-2H3,(H,19,23)(H,20,21)/t10-,11+/m1/s1. The summed E-state index contributed by atoms with van der Waals surface area (Å²) in [5, 5.41) is 10.1. The molecule has 0 fully saturated rings. The quantitative estimate of drug-likeness (QED) is 0.771. The first kappa shape index (κ1) is 14.9.